The van der Waals surface area contributed by atoms with E-state index in [0.717, 1.165) is 19.4 Å². The Kier molecular flexibility index (Phi) is 4.65. The van der Waals surface area contributed by atoms with Crippen molar-refractivity contribution in [2.45, 2.75) is 12.8 Å². The molecule has 0 amide bonds. The summed E-state index contributed by atoms with van der Waals surface area (Å²) in [6, 6.07) is 4.24. The summed E-state index contributed by atoms with van der Waals surface area (Å²) in [5, 5.41) is 3.06. The predicted octanol–water partition coefficient (Wildman–Crippen LogP) is 2.22. The molecule has 1 aromatic rings. The molecule has 0 aromatic heterocycles. The largest absolute Gasteiger partial charge is 0.316 e. The van der Waals surface area contributed by atoms with Crippen LogP contribution in [0.4, 0.5) is 10.1 Å². The minimum absolute atomic E-state index is 0.00798. The zero-order valence-electron chi connectivity index (χ0n) is 10.3. The summed E-state index contributed by atoms with van der Waals surface area (Å²) < 4.78 is 39.9. The molecule has 1 aromatic carbocycles. The first-order valence-electron chi connectivity index (χ1n) is 6.13. The summed E-state index contributed by atoms with van der Waals surface area (Å²) in [6.07, 6.45) is 1.83. The van der Waals surface area contributed by atoms with Crippen LogP contribution in [0.2, 0.25) is 5.02 Å². The van der Waals surface area contributed by atoms with Crippen molar-refractivity contribution in [2.75, 3.05) is 23.6 Å². The molecule has 1 atom stereocenters. The highest BCUT2D eigenvalue weighted by atomic mass is 35.5. The third kappa shape index (κ3) is 4.06. The fourth-order valence-electron chi connectivity index (χ4n) is 2.17. The smallest absolute Gasteiger partial charge is 0.233 e. The lowest BCUT2D eigenvalue weighted by Crippen LogP contribution is -2.35. The first-order chi connectivity index (χ1) is 8.98. The number of anilines is 1. The van der Waals surface area contributed by atoms with E-state index < -0.39 is 15.8 Å². The Bertz CT molecular complexity index is 545. The molecule has 1 fully saturated rings. The Labute approximate surface area is 117 Å². The third-order valence-corrected chi connectivity index (χ3v) is 4.80. The molecule has 1 aliphatic rings. The molecule has 7 heteroatoms. The van der Waals surface area contributed by atoms with Crippen molar-refractivity contribution in [3.05, 3.63) is 29.0 Å². The van der Waals surface area contributed by atoms with Gasteiger partial charge in [0.05, 0.1) is 16.5 Å². The van der Waals surface area contributed by atoms with Gasteiger partial charge in [-0.15, -0.1) is 0 Å². The van der Waals surface area contributed by atoms with E-state index in [-0.39, 0.29) is 22.4 Å². The second-order valence-electron chi connectivity index (χ2n) is 4.70. The molecule has 1 saturated heterocycles. The van der Waals surface area contributed by atoms with Gasteiger partial charge in [-0.1, -0.05) is 17.7 Å². The summed E-state index contributed by atoms with van der Waals surface area (Å²) in [6.45, 7) is 1.60. The number of halogens is 2. The molecule has 0 radical (unpaired) electrons. The molecule has 19 heavy (non-hydrogen) atoms. The molecule has 1 unspecified atom stereocenters. The molecule has 1 heterocycles. The highest BCUT2D eigenvalue weighted by Crippen LogP contribution is 2.23. The van der Waals surface area contributed by atoms with Gasteiger partial charge >= 0.3 is 0 Å². The maximum atomic E-state index is 13.6. The van der Waals surface area contributed by atoms with Gasteiger partial charge in [-0.05, 0) is 44.0 Å². The van der Waals surface area contributed by atoms with Gasteiger partial charge in [0, 0.05) is 0 Å². The molecule has 0 spiro atoms. The zero-order chi connectivity index (χ0) is 13.9. The maximum absolute atomic E-state index is 13.6. The topological polar surface area (TPSA) is 58.2 Å². The van der Waals surface area contributed by atoms with Gasteiger partial charge in [-0.25, -0.2) is 12.8 Å². The summed E-state index contributed by atoms with van der Waals surface area (Å²) in [5.74, 6) is -0.686. The van der Waals surface area contributed by atoms with Crippen LogP contribution < -0.4 is 10.0 Å². The molecular formula is C12H16ClFN2O2S. The summed E-state index contributed by atoms with van der Waals surface area (Å²) in [5.41, 5.74) is -0.101. The second kappa shape index (κ2) is 6.07. The molecule has 2 N–H and O–H groups in total. The lowest BCUT2D eigenvalue weighted by Gasteiger charge is -2.22. The molecule has 0 bridgehead atoms. The summed E-state index contributed by atoms with van der Waals surface area (Å²) in [7, 11) is -3.56. The Hall–Kier alpha value is -0.850. The molecule has 106 valence electrons. The van der Waals surface area contributed by atoms with Gasteiger partial charge in [0.15, 0.2) is 5.82 Å². The average Bonchev–Trinajstić information content (AvgIpc) is 2.35. The average molecular weight is 307 g/mol. The number of sulfonamides is 1. The van der Waals surface area contributed by atoms with Crippen LogP contribution in [0.25, 0.3) is 0 Å². The van der Waals surface area contributed by atoms with Crippen LogP contribution in [0.3, 0.4) is 0 Å². The van der Waals surface area contributed by atoms with Crippen molar-refractivity contribution in [3.63, 3.8) is 0 Å². The Morgan fingerprint density at radius 2 is 2.26 bits per heavy atom. The fraction of sp³-hybridized carbons (Fsp3) is 0.500. The van der Waals surface area contributed by atoms with E-state index in [9.17, 15) is 12.8 Å². The monoisotopic (exact) mass is 306 g/mol. The number of piperidine rings is 1. The molecule has 0 aliphatic carbocycles. The number of hydrogen-bond acceptors (Lipinski definition) is 3. The van der Waals surface area contributed by atoms with Crippen molar-refractivity contribution in [1.82, 2.24) is 5.32 Å². The Balaban J connectivity index is 2.06. The van der Waals surface area contributed by atoms with Crippen LogP contribution in [-0.4, -0.2) is 27.3 Å². The van der Waals surface area contributed by atoms with Gasteiger partial charge < -0.3 is 5.32 Å². The second-order valence-corrected chi connectivity index (χ2v) is 6.87. The quantitative estimate of drug-likeness (QED) is 0.897. The van der Waals surface area contributed by atoms with Gasteiger partial charge in [-0.3, -0.25) is 4.72 Å². The van der Waals surface area contributed by atoms with E-state index in [1.807, 2.05) is 0 Å². The van der Waals surface area contributed by atoms with Crippen LogP contribution in [-0.2, 0) is 10.0 Å². The first kappa shape index (κ1) is 14.6. The molecule has 1 aliphatic heterocycles. The van der Waals surface area contributed by atoms with E-state index in [0.29, 0.717) is 6.54 Å². The molecular weight excluding hydrogens is 291 g/mol. The van der Waals surface area contributed by atoms with Crippen LogP contribution in [0.5, 0.6) is 0 Å². The SMILES string of the molecule is O=S(=O)(CC1CCCNC1)Nc1cccc(Cl)c1F. The predicted molar refractivity (Wildman–Crippen MR) is 74.4 cm³/mol. The van der Waals surface area contributed by atoms with E-state index in [1.165, 1.54) is 18.2 Å². The van der Waals surface area contributed by atoms with Crippen LogP contribution in [0.15, 0.2) is 18.2 Å². The fourth-order valence-corrected chi connectivity index (χ4v) is 3.82. The lowest BCUT2D eigenvalue weighted by molar-refractivity contribution is 0.404. The number of rotatable bonds is 4. The minimum Gasteiger partial charge on any atom is -0.316 e. The normalized spacial score (nSPS) is 20.2. The van der Waals surface area contributed by atoms with E-state index >= 15 is 0 Å². The minimum atomic E-state index is -3.56. The van der Waals surface area contributed by atoms with E-state index in [4.69, 9.17) is 11.6 Å². The highest BCUT2D eigenvalue weighted by Gasteiger charge is 2.22. The standard InChI is InChI=1S/C12H16ClFN2O2S/c13-10-4-1-5-11(12(10)14)16-19(17,18)8-9-3-2-6-15-7-9/h1,4-5,9,15-16H,2-3,6-8H2. The highest BCUT2D eigenvalue weighted by molar-refractivity contribution is 7.92. The lowest BCUT2D eigenvalue weighted by atomic mass is 10.0. The Morgan fingerprint density at radius 1 is 1.47 bits per heavy atom. The van der Waals surface area contributed by atoms with Crippen molar-refractivity contribution in [1.29, 1.82) is 0 Å². The van der Waals surface area contributed by atoms with Crippen molar-refractivity contribution in [2.24, 2.45) is 5.92 Å². The Morgan fingerprint density at radius 3 is 2.95 bits per heavy atom. The van der Waals surface area contributed by atoms with Crippen LogP contribution in [0.1, 0.15) is 12.8 Å². The van der Waals surface area contributed by atoms with Crippen molar-refractivity contribution < 1.29 is 12.8 Å². The van der Waals surface area contributed by atoms with E-state index in [1.54, 1.807) is 0 Å². The number of benzene rings is 1. The maximum Gasteiger partial charge on any atom is 0.233 e. The van der Waals surface area contributed by atoms with E-state index in [2.05, 4.69) is 10.0 Å². The van der Waals surface area contributed by atoms with Crippen molar-refractivity contribution in [3.8, 4) is 0 Å². The van der Waals surface area contributed by atoms with Gasteiger partial charge in [0.25, 0.3) is 0 Å². The molecule has 4 nitrogen and oxygen atoms in total. The third-order valence-electron chi connectivity index (χ3n) is 3.07. The first-order valence-corrected chi connectivity index (χ1v) is 8.16. The van der Waals surface area contributed by atoms with Gasteiger partial charge in [0.2, 0.25) is 10.0 Å². The molecule has 0 saturated carbocycles. The molecule has 2 rings (SSSR count). The summed E-state index contributed by atoms with van der Waals surface area (Å²) in [4.78, 5) is 0. The zero-order valence-corrected chi connectivity index (χ0v) is 11.9. The van der Waals surface area contributed by atoms with Crippen LogP contribution >= 0.6 is 11.6 Å². The summed E-state index contributed by atoms with van der Waals surface area (Å²) >= 11 is 5.61. The number of hydrogen-bond donors (Lipinski definition) is 2. The van der Waals surface area contributed by atoms with Gasteiger partial charge in [-0.2, -0.15) is 0 Å². The van der Waals surface area contributed by atoms with Gasteiger partial charge in [0.1, 0.15) is 0 Å². The van der Waals surface area contributed by atoms with Crippen LogP contribution in [0, 0.1) is 11.7 Å². The van der Waals surface area contributed by atoms with Crippen molar-refractivity contribution >= 4 is 27.3 Å². The number of nitrogens with one attached hydrogen (secondary N) is 2.